The van der Waals surface area contributed by atoms with Crippen molar-refractivity contribution in [2.75, 3.05) is 6.54 Å². The van der Waals surface area contributed by atoms with Crippen LogP contribution in [0.4, 0.5) is 0 Å². The van der Waals surface area contributed by atoms with E-state index in [0.717, 1.165) is 4.73 Å². The lowest BCUT2D eigenvalue weighted by molar-refractivity contribution is -1.63. The van der Waals surface area contributed by atoms with Gasteiger partial charge in [-0.05, 0) is 14.4 Å². The lowest BCUT2D eigenvalue weighted by Gasteiger charge is -1.99. The van der Waals surface area contributed by atoms with Gasteiger partial charge in [-0.2, -0.15) is 4.98 Å². The normalized spacial score (nSPS) is 11.2. The third-order valence-electron chi connectivity index (χ3n) is 1.42. The molecule has 0 saturated carbocycles. The summed E-state index contributed by atoms with van der Waals surface area (Å²) >= 11 is -8.05. The van der Waals surface area contributed by atoms with Gasteiger partial charge in [0.1, 0.15) is 0 Å². The zero-order valence-corrected chi connectivity index (χ0v) is 12.0. The molecule has 1 heterocycles. The van der Waals surface area contributed by atoms with E-state index in [1.54, 1.807) is 0 Å². The molecule has 1 rings (SSSR count). The van der Waals surface area contributed by atoms with E-state index in [1.165, 1.54) is 6.20 Å². The molecular formula is C5H7I2N3O6. The topological polar surface area (TPSA) is 155 Å². The fraction of sp³-hybridized carbons (Fsp3) is 0.400. The molecule has 0 aliphatic heterocycles. The van der Waals surface area contributed by atoms with Crippen molar-refractivity contribution in [1.29, 1.82) is 0 Å². The highest BCUT2D eigenvalue weighted by molar-refractivity contribution is 5.07. The molecule has 0 radical (unpaired) electrons. The van der Waals surface area contributed by atoms with Crippen LogP contribution in [0.5, 0.6) is 6.01 Å². The van der Waals surface area contributed by atoms with Crippen molar-refractivity contribution in [3.05, 3.63) is 11.9 Å². The van der Waals surface area contributed by atoms with Crippen molar-refractivity contribution in [3.63, 3.8) is 0 Å². The van der Waals surface area contributed by atoms with Gasteiger partial charge < -0.3 is 19.5 Å². The van der Waals surface area contributed by atoms with Crippen LogP contribution in [0.1, 0.15) is 5.69 Å². The highest BCUT2D eigenvalue weighted by Gasteiger charge is 2.29. The van der Waals surface area contributed by atoms with Gasteiger partial charge in [0.15, 0.2) is 0 Å². The fourth-order valence-electron chi connectivity index (χ4n) is 0.909. The van der Waals surface area contributed by atoms with Gasteiger partial charge in [0.2, 0.25) is 0 Å². The Hall–Kier alpha value is 0.0700. The molecular weight excluding hydrogens is 452 g/mol. The van der Waals surface area contributed by atoms with Gasteiger partial charge in [0.25, 0.3) is 0 Å². The van der Waals surface area contributed by atoms with E-state index < -0.39 is 48.1 Å². The van der Waals surface area contributed by atoms with E-state index in [2.05, 4.69) is 11.2 Å². The number of nitrogens with zero attached hydrogens (tertiary/aromatic N) is 2. The molecule has 0 aliphatic rings. The number of imidazole rings is 1. The van der Waals surface area contributed by atoms with Gasteiger partial charge in [-0.15, -0.1) is 3.07 Å². The maximum atomic E-state index is 10.5. The van der Waals surface area contributed by atoms with E-state index >= 15 is 0 Å². The third kappa shape index (κ3) is 4.15. The predicted octanol–water partition coefficient (Wildman–Crippen LogP) is -11.6. The first-order valence-electron chi connectivity index (χ1n) is 3.79. The van der Waals surface area contributed by atoms with E-state index in [-0.39, 0.29) is 13.0 Å². The molecule has 9 nitrogen and oxygen atoms in total. The van der Waals surface area contributed by atoms with Crippen LogP contribution in [0.2, 0.25) is 0 Å². The largest absolute Gasteiger partial charge is 0.603 e. The van der Waals surface area contributed by atoms with Gasteiger partial charge in [-0.1, -0.05) is 0 Å². The number of hydrogen-bond donors (Lipinski definition) is 1. The highest BCUT2D eigenvalue weighted by Crippen LogP contribution is 2.07. The molecule has 0 spiro atoms. The number of aromatic nitrogens is 2. The molecule has 0 bridgehead atoms. The summed E-state index contributed by atoms with van der Waals surface area (Å²) in [7, 11) is 0. The second-order valence-corrected chi connectivity index (χ2v) is 5.38. The lowest BCUT2D eigenvalue weighted by atomic mass is 10.3. The minimum atomic E-state index is -4.04. The Kier molecular flexibility index (Phi) is 5.94. The van der Waals surface area contributed by atoms with Crippen LogP contribution in [0.25, 0.3) is 0 Å². The molecule has 11 heteroatoms. The Bertz CT molecular complexity index is 332. The van der Waals surface area contributed by atoms with Crippen molar-refractivity contribution < 1.29 is 62.1 Å². The summed E-state index contributed by atoms with van der Waals surface area (Å²) in [6.07, 6.45) is 1.52. The predicted molar refractivity (Wildman–Crippen MR) is 32.2 cm³/mol. The van der Waals surface area contributed by atoms with E-state index in [1.807, 2.05) is 0 Å². The number of rotatable bonds is 6. The molecule has 0 unspecified atom stereocenters. The smallest absolute Gasteiger partial charge is 0.385 e. The zero-order chi connectivity index (χ0) is 12.1. The molecule has 0 aromatic carbocycles. The van der Waals surface area contributed by atoms with Crippen LogP contribution < -0.4 is 67.8 Å². The summed E-state index contributed by atoms with van der Waals surface area (Å²) in [4.78, 5) is 3.57. The van der Waals surface area contributed by atoms with Crippen molar-refractivity contribution in [1.82, 2.24) is 9.71 Å². The zero-order valence-electron chi connectivity index (χ0n) is 7.67. The molecule has 0 aliphatic carbocycles. The Balaban J connectivity index is 2.89. The molecule has 0 atom stereocenters. The monoisotopic (exact) mass is 459 g/mol. The SMILES string of the molecule is NCCc1cnc(O[I+2]([O-])[O-])n1O[I+2]([O-])[O-]. The van der Waals surface area contributed by atoms with E-state index in [4.69, 9.17) is 5.73 Å². The van der Waals surface area contributed by atoms with E-state index in [0.29, 0.717) is 5.69 Å². The van der Waals surface area contributed by atoms with Gasteiger partial charge in [0.05, 0.1) is 11.9 Å². The number of halogens is 2. The maximum Gasteiger partial charge on any atom is 0.603 e. The van der Waals surface area contributed by atoms with Gasteiger partial charge in [0, 0.05) is 6.42 Å². The summed E-state index contributed by atoms with van der Waals surface area (Å²) in [5.74, 6) is 0. The van der Waals surface area contributed by atoms with Crippen molar-refractivity contribution in [3.8, 4) is 6.01 Å². The average molecular weight is 459 g/mol. The summed E-state index contributed by atoms with van der Waals surface area (Å²) in [6.45, 7) is 0.234. The Morgan fingerprint density at radius 1 is 1.31 bits per heavy atom. The van der Waals surface area contributed by atoms with Crippen LogP contribution in [-0.4, -0.2) is 16.3 Å². The van der Waals surface area contributed by atoms with Crippen LogP contribution in [0, 0.1) is 0 Å². The second kappa shape index (κ2) is 6.72. The average Bonchev–Trinajstić information content (AvgIpc) is 2.49. The van der Waals surface area contributed by atoms with Crippen molar-refractivity contribution in [2.24, 2.45) is 5.73 Å². The quantitative estimate of drug-likeness (QED) is 0.412. The summed E-state index contributed by atoms with van der Waals surface area (Å²) in [5, 5.41) is 0. The summed E-state index contributed by atoms with van der Waals surface area (Å²) < 4.78 is 51.3. The third-order valence-corrected chi connectivity index (χ3v) is 2.89. The molecule has 0 fully saturated rings. The van der Waals surface area contributed by atoms with Crippen molar-refractivity contribution in [2.45, 2.75) is 6.42 Å². The highest BCUT2D eigenvalue weighted by atomic mass is 127. The molecule has 0 amide bonds. The second-order valence-electron chi connectivity index (χ2n) is 2.39. The Morgan fingerprint density at radius 3 is 2.50 bits per heavy atom. The molecule has 92 valence electrons. The first-order chi connectivity index (χ1) is 7.54. The standard InChI is InChI=1S/C5H7I2N3O6/c8-2-1-4-3-9-5(15-6(11)12)10(4)16-7(13)14/h3H,1-2,8H2. The Morgan fingerprint density at radius 2 is 2.00 bits per heavy atom. The summed E-state index contributed by atoms with van der Waals surface area (Å²) in [5.41, 5.74) is 5.60. The fourth-order valence-corrected chi connectivity index (χ4v) is 2.27. The number of hydrogen-bond acceptors (Lipinski definition) is 8. The minimum absolute atomic E-state index is 0.234. The molecule has 1 aromatic heterocycles. The Labute approximate surface area is 108 Å². The van der Waals surface area contributed by atoms with E-state index in [9.17, 15) is 13.7 Å². The maximum absolute atomic E-state index is 10.5. The van der Waals surface area contributed by atoms with Crippen LogP contribution in [-0.2, 0) is 6.42 Å². The van der Waals surface area contributed by atoms with Gasteiger partial charge >= 0.3 is 48.1 Å². The minimum Gasteiger partial charge on any atom is -0.385 e. The van der Waals surface area contributed by atoms with Crippen molar-refractivity contribution >= 4 is 0 Å². The first kappa shape index (κ1) is 14.1. The van der Waals surface area contributed by atoms with Crippen LogP contribution in [0.3, 0.4) is 0 Å². The molecule has 2 N–H and O–H groups in total. The number of nitrogens with two attached hydrogens (primary N) is 1. The molecule has 0 saturated heterocycles. The lowest BCUT2D eigenvalue weighted by Crippen LogP contribution is -4.01. The van der Waals surface area contributed by atoms with Crippen LogP contribution >= 0.6 is 0 Å². The first-order valence-corrected chi connectivity index (χ1v) is 9.08. The van der Waals surface area contributed by atoms with Gasteiger partial charge in [-0.3, -0.25) is 0 Å². The molecule has 1 aromatic rings. The van der Waals surface area contributed by atoms with Crippen LogP contribution in [0.15, 0.2) is 6.20 Å². The summed E-state index contributed by atoms with van der Waals surface area (Å²) in [6, 6.07) is -0.423. The van der Waals surface area contributed by atoms with Gasteiger partial charge in [-0.25, -0.2) is 0 Å². The molecule has 16 heavy (non-hydrogen) atoms.